The molecule has 0 N–H and O–H groups in total. The fourth-order valence-electron chi connectivity index (χ4n) is 3.31. The second kappa shape index (κ2) is 8.36. The van der Waals surface area contributed by atoms with Crippen LogP contribution in [0, 0.1) is 15.9 Å². The molecule has 1 aliphatic heterocycles. The first-order chi connectivity index (χ1) is 14.3. The highest BCUT2D eigenvalue weighted by Crippen LogP contribution is 2.39. The molecule has 0 aromatic heterocycles. The molecule has 0 fully saturated rings. The average molecular weight is 418 g/mol. The minimum atomic E-state index is -1.70. The summed E-state index contributed by atoms with van der Waals surface area (Å²) in [5.41, 5.74) is -1.48. The Balaban J connectivity index is 2.03. The molecular weight excluding hydrogens is 399 g/mol. The van der Waals surface area contributed by atoms with Crippen LogP contribution in [0.25, 0.3) is 0 Å². The Bertz CT molecular complexity index is 1020. The van der Waals surface area contributed by atoms with E-state index in [9.17, 15) is 19.3 Å². The number of methoxy groups -OCH3 is 3. The molecule has 158 valence electrons. The van der Waals surface area contributed by atoms with Gasteiger partial charge in [-0.15, -0.1) is 0 Å². The summed E-state index contributed by atoms with van der Waals surface area (Å²) in [6, 6.07) is 8.51. The zero-order valence-electron chi connectivity index (χ0n) is 16.5. The van der Waals surface area contributed by atoms with Gasteiger partial charge >= 0.3 is 5.97 Å². The maximum Gasteiger partial charge on any atom is 0.353 e. The second-order valence-corrected chi connectivity index (χ2v) is 6.54. The number of nitrogens with zero attached hydrogens (tertiary/aromatic N) is 2. The van der Waals surface area contributed by atoms with Crippen LogP contribution in [-0.2, 0) is 20.8 Å². The molecule has 0 radical (unpaired) electrons. The molecule has 2 aromatic rings. The lowest BCUT2D eigenvalue weighted by molar-refractivity contribution is -0.385. The van der Waals surface area contributed by atoms with Crippen LogP contribution in [0.3, 0.4) is 0 Å². The lowest BCUT2D eigenvalue weighted by Crippen LogP contribution is -2.42. The molecule has 1 aliphatic rings. The Hall–Kier alpha value is -3.69. The van der Waals surface area contributed by atoms with Crippen molar-refractivity contribution in [3.8, 4) is 11.5 Å². The van der Waals surface area contributed by atoms with E-state index in [2.05, 4.69) is 5.16 Å². The quantitative estimate of drug-likeness (QED) is 0.386. The topological polar surface area (TPSA) is 109 Å². The highest BCUT2D eigenvalue weighted by Gasteiger charge is 2.49. The number of oxime groups is 1. The lowest BCUT2D eigenvalue weighted by Gasteiger charge is -2.24. The molecular formula is C20H19FN2O7. The Morgan fingerprint density at radius 1 is 1.23 bits per heavy atom. The van der Waals surface area contributed by atoms with Gasteiger partial charge in [-0.05, 0) is 12.1 Å². The third kappa shape index (κ3) is 3.76. The number of nitro benzene ring substituents is 1. The molecule has 30 heavy (non-hydrogen) atoms. The van der Waals surface area contributed by atoms with Gasteiger partial charge in [-0.25, -0.2) is 9.18 Å². The van der Waals surface area contributed by atoms with E-state index in [4.69, 9.17) is 19.0 Å². The first kappa shape index (κ1) is 21.0. The van der Waals surface area contributed by atoms with E-state index in [0.717, 1.165) is 7.11 Å². The predicted octanol–water partition coefficient (Wildman–Crippen LogP) is 3.03. The Kier molecular flexibility index (Phi) is 5.86. The van der Waals surface area contributed by atoms with Crippen molar-refractivity contribution in [1.29, 1.82) is 0 Å². The van der Waals surface area contributed by atoms with Gasteiger partial charge in [-0.2, -0.15) is 0 Å². The predicted molar refractivity (Wildman–Crippen MR) is 103 cm³/mol. The van der Waals surface area contributed by atoms with Gasteiger partial charge in [0, 0.05) is 24.0 Å². The molecule has 0 saturated heterocycles. The number of carbonyl (C=O) groups excluding carboxylic acids is 1. The number of esters is 1. The molecule has 1 unspecified atom stereocenters. The van der Waals surface area contributed by atoms with Crippen LogP contribution < -0.4 is 9.47 Å². The minimum Gasteiger partial charge on any atom is -0.493 e. The van der Waals surface area contributed by atoms with E-state index in [-0.39, 0.29) is 46.9 Å². The van der Waals surface area contributed by atoms with Crippen LogP contribution in [0.2, 0.25) is 0 Å². The van der Waals surface area contributed by atoms with Gasteiger partial charge in [-0.3, -0.25) is 10.1 Å². The van der Waals surface area contributed by atoms with E-state index < -0.39 is 22.3 Å². The van der Waals surface area contributed by atoms with Gasteiger partial charge in [0.15, 0.2) is 11.5 Å². The van der Waals surface area contributed by atoms with Crippen molar-refractivity contribution >= 4 is 17.4 Å². The summed E-state index contributed by atoms with van der Waals surface area (Å²) in [7, 11) is 3.90. The normalized spacial score (nSPS) is 17.7. The Labute approximate surface area is 171 Å². The zero-order valence-corrected chi connectivity index (χ0v) is 16.5. The smallest absolute Gasteiger partial charge is 0.353 e. The monoisotopic (exact) mass is 418 g/mol. The Morgan fingerprint density at radius 2 is 1.90 bits per heavy atom. The molecule has 2 aromatic carbocycles. The molecule has 9 nitrogen and oxygen atoms in total. The van der Waals surface area contributed by atoms with Crippen LogP contribution in [-0.4, -0.2) is 43.5 Å². The van der Waals surface area contributed by atoms with Crippen LogP contribution >= 0.6 is 0 Å². The molecule has 0 aliphatic carbocycles. The highest BCUT2D eigenvalue weighted by atomic mass is 19.1. The number of carbonyl (C=O) groups is 1. The van der Waals surface area contributed by atoms with Crippen molar-refractivity contribution in [2.45, 2.75) is 18.4 Å². The lowest BCUT2D eigenvalue weighted by atomic mass is 9.87. The molecule has 1 heterocycles. The van der Waals surface area contributed by atoms with Gasteiger partial charge < -0.3 is 19.0 Å². The summed E-state index contributed by atoms with van der Waals surface area (Å²) in [4.78, 5) is 29.1. The van der Waals surface area contributed by atoms with Crippen molar-refractivity contribution < 1.29 is 33.2 Å². The van der Waals surface area contributed by atoms with Crippen molar-refractivity contribution in [2.75, 3.05) is 21.3 Å². The van der Waals surface area contributed by atoms with E-state index in [1.54, 1.807) is 6.07 Å². The highest BCUT2D eigenvalue weighted by molar-refractivity contribution is 6.05. The van der Waals surface area contributed by atoms with Crippen LogP contribution in [0.1, 0.15) is 17.5 Å². The number of halogens is 1. The summed E-state index contributed by atoms with van der Waals surface area (Å²) in [6.07, 6.45) is -0.385. The maximum absolute atomic E-state index is 14.2. The molecule has 0 spiro atoms. The SMILES string of the molecule is COC(=O)C1(Cc2cc(OC)c(OC)cc2[N+](=O)[O-])CC(c2ccccc2F)=NO1. The van der Waals surface area contributed by atoms with Gasteiger partial charge in [0.25, 0.3) is 5.69 Å². The summed E-state index contributed by atoms with van der Waals surface area (Å²) >= 11 is 0. The number of ether oxygens (including phenoxy) is 3. The maximum atomic E-state index is 14.2. The molecule has 0 bridgehead atoms. The van der Waals surface area contributed by atoms with E-state index in [1.807, 2.05) is 0 Å². The van der Waals surface area contributed by atoms with Crippen molar-refractivity contribution in [3.63, 3.8) is 0 Å². The van der Waals surface area contributed by atoms with Gasteiger partial charge in [-0.1, -0.05) is 23.4 Å². The van der Waals surface area contributed by atoms with E-state index >= 15 is 0 Å². The third-order valence-electron chi connectivity index (χ3n) is 4.78. The minimum absolute atomic E-state index is 0.133. The second-order valence-electron chi connectivity index (χ2n) is 6.54. The van der Waals surface area contributed by atoms with Gasteiger partial charge in [0.05, 0.1) is 38.0 Å². The largest absolute Gasteiger partial charge is 0.493 e. The van der Waals surface area contributed by atoms with E-state index in [0.29, 0.717) is 0 Å². The zero-order chi connectivity index (χ0) is 21.9. The van der Waals surface area contributed by atoms with Crippen molar-refractivity contribution in [1.82, 2.24) is 0 Å². The number of hydrogen-bond acceptors (Lipinski definition) is 8. The van der Waals surface area contributed by atoms with Crippen molar-refractivity contribution in [3.05, 3.63) is 63.5 Å². The standard InChI is InChI=1S/C20H19FN2O7/c1-27-17-8-12(16(23(25)26)9-18(17)28-2)10-20(19(24)29-3)11-15(22-30-20)13-6-4-5-7-14(13)21/h4-9H,10-11H2,1-3H3. The molecule has 1 atom stereocenters. The van der Waals surface area contributed by atoms with Crippen LogP contribution in [0.5, 0.6) is 11.5 Å². The Morgan fingerprint density at radius 3 is 2.50 bits per heavy atom. The summed E-state index contributed by atoms with van der Waals surface area (Å²) in [5.74, 6) is -0.915. The molecule has 10 heteroatoms. The fraction of sp³-hybridized carbons (Fsp3) is 0.300. The molecule has 3 rings (SSSR count). The number of nitro groups is 1. The summed E-state index contributed by atoms with van der Waals surface area (Å²) in [5, 5.41) is 15.5. The number of rotatable bonds is 7. The first-order valence-electron chi connectivity index (χ1n) is 8.83. The average Bonchev–Trinajstić information content (AvgIpc) is 3.17. The van der Waals surface area contributed by atoms with Crippen LogP contribution in [0.4, 0.5) is 10.1 Å². The first-order valence-corrected chi connectivity index (χ1v) is 8.83. The summed E-state index contributed by atoms with van der Waals surface area (Å²) < 4.78 is 29.4. The number of benzene rings is 2. The van der Waals surface area contributed by atoms with Gasteiger partial charge in [0.2, 0.25) is 5.60 Å². The number of hydrogen-bond donors (Lipinski definition) is 0. The van der Waals surface area contributed by atoms with Crippen molar-refractivity contribution in [2.24, 2.45) is 5.16 Å². The van der Waals surface area contributed by atoms with Gasteiger partial charge in [0.1, 0.15) is 5.82 Å². The summed E-state index contributed by atoms with van der Waals surface area (Å²) in [6.45, 7) is 0. The molecule has 0 saturated carbocycles. The van der Waals surface area contributed by atoms with E-state index in [1.165, 1.54) is 44.6 Å². The van der Waals surface area contributed by atoms with Crippen LogP contribution in [0.15, 0.2) is 41.6 Å². The molecule has 0 amide bonds. The fourth-order valence-corrected chi connectivity index (χ4v) is 3.31. The third-order valence-corrected chi connectivity index (χ3v) is 4.78.